The molecule has 2 aromatic carbocycles. The minimum absolute atomic E-state index is 0.0571. The summed E-state index contributed by atoms with van der Waals surface area (Å²) < 4.78 is 0.881. The van der Waals surface area contributed by atoms with Crippen LogP contribution in [0, 0.1) is 5.92 Å². The Morgan fingerprint density at radius 2 is 1.78 bits per heavy atom. The van der Waals surface area contributed by atoms with Crippen molar-refractivity contribution in [1.82, 2.24) is 15.1 Å². The molecule has 37 heavy (non-hydrogen) atoms. The molecule has 1 unspecified atom stereocenters. The van der Waals surface area contributed by atoms with Gasteiger partial charge in [-0.25, -0.2) is 4.79 Å². The Morgan fingerprint density at radius 1 is 1.03 bits per heavy atom. The summed E-state index contributed by atoms with van der Waals surface area (Å²) in [5, 5.41) is 12.3. The molecule has 2 N–H and O–H groups in total. The van der Waals surface area contributed by atoms with Gasteiger partial charge in [-0.2, -0.15) is 0 Å². The second-order valence-electron chi connectivity index (χ2n) is 9.46. The predicted octanol–water partition coefficient (Wildman–Crippen LogP) is 3.72. The van der Waals surface area contributed by atoms with Crippen molar-refractivity contribution in [2.45, 2.75) is 32.2 Å². The second kappa shape index (κ2) is 12.2. The Balaban J connectivity index is 1.44. The zero-order valence-electron chi connectivity index (χ0n) is 20.6. The first-order valence-electron chi connectivity index (χ1n) is 12.5. The molecule has 9 nitrogen and oxygen atoms in total. The van der Waals surface area contributed by atoms with Crippen molar-refractivity contribution in [2.24, 2.45) is 5.92 Å². The van der Waals surface area contributed by atoms with E-state index >= 15 is 0 Å². The van der Waals surface area contributed by atoms with Gasteiger partial charge < -0.3 is 20.2 Å². The number of aliphatic carboxylic acids is 1. The van der Waals surface area contributed by atoms with Crippen LogP contribution in [0.25, 0.3) is 0 Å². The molecule has 196 valence electrons. The summed E-state index contributed by atoms with van der Waals surface area (Å²) in [7, 11) is 0. The lowest BCUT2D eigenvalue weighted by atomic mass is 9.99. The van der Waals surface area contributed by atoms with Crippen LogP contribution in [0.3, 0.4) is 0 Å². The Labute approximate surface area is 224 Å². The van der Waals surface area contributed by atoms with Gasteiger partial charge in [-0.05, 0) is 48.7 Å². The molecule has 2 heterocycles. The highest BCUT2D eigenvalue weighted by molar-refractivity contribution is 9.10. The lowest BCUT2D eigenvalue weighted by molar-refractivity contribution is -0.138. The molecular weight excluding hydrogens is 540 g/mol. The fourth-order valence-electron chi connectivity index (χ4n) is 4.89. The van der Waals surface area contributed by atoms with Crippen molar-refractivity contribution in [3.8, 4) is 0 Å². The average molecular weight is 571 g/mol. The number of carbonyl (C=O) groups excluding carboxylic acids is 3. The minimum atomic E-state index is -0.912. The van der Waals surface area contributed by atoms with Crippen LogP contribution in [0.5, 0.6) is 0 Å². The van der Waals surface area contributed by atoms with E-state index in [4.69, 9.17) is 0 Å². The number of benzene rings is 2. The number of nitrogens with one attached hydrogen (secondary N) is 1. The summed E-state index contributed by atoms with van der Waals surface area (Å²) in [6, 6.07) is 14.2. The van der Waals surface area contributed by atoms with E-state index in [1.54, 1.807) is 21.9 Å². The van der Waals surface area contributed by atoms with Gasteiger partial charge in [0.05, 0.1) is 6.42 Å². The SMILES string of the molecule is O=C(O)CC1CN(Cc2ccccc2C(=O)NCCCN2CCCC2=O)C(=O)N(c2ccc(Br)cc2)C1. The number of hydrogen-bond acceptors (Lipinski definition) is 4. The van der Waals surface area contributed by atoms with Gasteiger partial charge in [-0.3, -0.25) is 19.3 Å². The molecule has 2 fully saturated rings. The molecule has 2 aliphatic heterocycles. The molecular formula is C27H31BrN4O5. The van der Waals surface area contributed by atoms with Crippen LogP contribution >= 0.6 is 15.9 Å². The molecule has 2 saturated heterocycles. The third-order valence-corrected chi connectivity index (χ3v) is 7.24. The van der Waals surface area contributed by atoms with Gasteiger partial charge in [0.15, 0.2) is 0 Å². The van der Waals surface area contributed by atoms with E-state index in [2.05, 4.69) is 21.2 Å². The Morgan fingerprint density at radius 3 is 2.49 bits per heavy atom. The number of carboxylic acid groups (broad SMARTS) is 1. The summed E-state index contributed by atoms with van der Waals surface area (Å²) in [5.41, 5.74) is 1.86. The van der Waals surface area contributed by atoms with E-state index in [1.165, 1.54) is 0 Å². The topological polar surface area (TPSA) is 110 Å². The third-order valence-electron chi connectivity index (χ3n) is 6.71. The second-order valence-corrected chi connectivity index (χ2v) is 10.4. The van der Waals surface area contributed by atoms with E-state index in [0.29, 0.717) is 49.3 Å². The number of likely N-dealkylation sites (tertiary alicyclic amines) is 1. The van der Waals surface area contributed by atoms with Gasteiger partial charge in [-0.15, -0.1) is 0 Å². The van der Waals surface area contributed by atoms with E-state index in [9.17, 15) is 24.3 Å². The largest absolute Gasteiger partial charge is 0.481 e. The molecule has 0 spiro atoms. The summed E-state index contributed by atoms with van der Waals surface area (Å²) in [6.07, 6.45) is 2.10. The fraction of sp³-hybridized carbons (Fsp3) is 0.407. The van der Waals surface area contributed by atoms with E-state index < -0.39 is 5.97 Å². The number of carboxylic acids is 1. The third kappa shape index (κ3) is 6.88. The van der Waals surface area contributed by atoms with Gasteiger partial charge in [0, 0.05) is 67.3 Å². The lowest BCUT2D eigenvalue weighted by Crippen LogP contribution is -2.53. The van der Waals surface area contributed by atoms with Gasteiger partial charge in [-0.1, -0.05) is 34.1 Å². The van der Waals surface area contributed by atoms with Crippen LogP contribution in [-0.4, -0.2) is 71.4 Å². The summed E-state index contributed by atoms with van der Waals surface area (Å²) in [4.78, 5) is 54.7. The zero-order valence-corrected chi connectivity index (χ0v) is 22.2. The van der Waals surface area contributed by atoms with Crippen molar-refractivity contribution in [3.05, 3.63) is 64.1 Å². The minimum Gasteiger partial charge on any atom is -0.481 e. The van der Waals surface area contributed by atoms with Crippen LogP contribution < -0.4 is 10.2 Å². The molecule has 0 saturated carbocycles. The number of nitrogens with zero attached hydrogens (tertiary/aromatic N) is 3. The number of hydrogen-bond donors (Lipinski definition) is 2. The zero-order chi connectivity index (χ0) is 26.4. The highest BCUT2D eigenvalue weighted by Gasteiger charge is 2.34. The number of carbonyl (C=O) groups is 4. The lowest BCUT2D eigenvalue weighted by Gasteiger charge is -2.40. The van der Waals surface area contributed by atoms with Crippen LogP contribution in [0.4, 0.5) is 10.5 Å². The predicted molar refractivity (Wildman–Crippen MR) is 142 cm³/mol. The smallest absolute Gasteiger partial charge is 0.324 e. The van der Waals surface area contributed by atoms with Crippen molar-refractivity contribution in [3.63, 3.8) is 0 Å². The first kappa shape index (κ1) is 26.7. The van der Waals surface area contributed by atoms with Crippen LogP contribution in [0.1, 0.15) is 41.6 Å². The summed E-state index contributed by atoms with van der Waals surface area (Å²) in [5.74, 6) is -1.24. The van der Waals surface area contributed by atoms with Crippen molar-refractivity contribution in [1.29, 1.82) is 0 Å². The van der Waals surface area contributed by atoms with Gasteiger partial charge in [0.25, 0.3) is 5.91 Å². The molecule has 4 amide bonds. The maximum atomic E-state index is 13.5. The van der Waals surface area contributed by atoms with Gasteiger partial charge in [0.1, 0.15) is 0 Å². The summed E-state index contributed by atoms with van der Waals surface area (Å²) in [6.45, 7) is 2.63. The molecule has 2 aliphatic rings. The quantitative estimate of drug-likeness (QED) is 0.423. The number of anilines is 1. The number of amides is 4. The maximum Gasteiger partial charge on any atom is 0.324 e. The van der Waals surface area contributed by atoms with Crippen molar-refractivity contribution in [2.75, 3.05) is 37.6 Å². The molecule has 0 aromatic heterocycles. The number of rotatable bonds is 10. The van der Waals surface area contributed by atoms with Crippen molar-refractivity contribution < 1.29 is 24.3 Å². The van der Waals surface area contributed by atoms with Crippen LogP contribution in [-0.2, 0) is 16.1 Å². The average Bonchev–Trinajstić information content (AvgIpc) is 3.28. The standard InChI is InChI=1S/C27H31BrN4O5/c28-21-8-10-22(11-9-21)32-17-19(15-25(34)35)16-31(27(32)37)18-20-5-1-2-6-23(20)26(36)29-12-4-14-30-13-3-7-24(30)33/h1-2,5-6,8-11,19H,3-4,7,12-18H2,(H,29,36)(H,34,35). The normalized spacial score (nSPS) is 17.9. The van der Waals surface area contributed by atoms with Gasteiger partial charge in [0.2, 0.25) is 5.91 Å². The first-order chi connectivity index (χ1) is 17.8. The van der Waals surface area contributed by atoms with Gasteiger partial charge >= 0.3 is 12.0 Å². The molecule has 0 radical (unpaired) electrons. The molecule has 10 heteroatoms. The maximum absolute atomic E-state index is 13.5. The Bertz CT molecular complexity index is 1160. The van der Waals surface area contributed by atoms with Crippen molar-refractivity contribution >= 4 is 45.4 Å². The highest BCUT2D eigenvalue weighted by atomic mass is 79.9. The molecule has 1 atom stereocenters. The Hall–Kier alpha value is -3.40. The fourth-order valence-corrected chi connectivity index (χ4v) is 5.16. The van der Waals surface area contributed by atoms with E-state index in [1.807, 2.05) is 41.3 Å². The number of halogens is 1. The molecule has 0 bridgehead atoms. The first-order valence-corrected chi connectivity index (χ1v) is 13.3. The highest BCUT2D eigenvalue weighted by Crippen LogP contribution is 2.27. The van der Waals surface area contributed by atoms with E-state index in [-0.39, 0.29) is 43.3 Å². The van der Waals surface area contributed by atoms with Crippen LogP contribution in [0.2, 0.25) is 0 Å². The monoisotopic (exact) mass is 570 g/mol. The Kier molecular flexibility index (Phi) is 8.81. The summed E-state index contributed by atoms with van der Waals surface area (Å²) >= 11 is 3.40. The molecule has 0 aliphatic carbocycles. The number of urea groups is 1. The van der Waals surface area contributed by atoms with Crippen LogP contribution in [0.15, 0.2) is 53.0 Å². The molecule has 2 aromatic rings. The van der Waals surface area contributed by atoms with E-state index in [0.717, 1.165) is 17.4 Å². The molecule has 4 rings (SSSR count).